The molecule has 0 aliphatic heterocycles. The van der Waals surface area contributed by atoms with E-state index < -0.39 is 0 Å². The highest BCUT2D eigenvalue weighted by Crippen LogP contribution is 2.30. The Balaban J connectivity index is 0.00000243. The standard InChI is InChI=1S/C20H32N4O.HI/c1-3-24(18-10-11-18)13-12-22-20(21-2)23-14-17-6-4-5-7-19(17)25-15-16-8-9-16;/h4-7,16,18H,3,8-15H2,1-2H3,(H2,21,22,23);1H. The minimum Gasteiger partial charge on any atom is -0.493 e. The number of halogens is 1. The molecular formula is C20H33IN4O. The Hall–Kier alpha value is -1.02. The number of aliphatic imine (C=N–C) groups is 1. The van der Waals surface area contributed by atoms with Crippen LogP contribution in [0.3, 0.4) is 0 Å². The van der Waals surface area contributed by atoms with E-state index >= 15 is 0 Å². The van der Waals surface area contributed by atoms with Gasteiger partial charge in [0.1, 0.15) is 5.75 Å². The van der Waals surface area contributed by atoms with Crippen molar-refractivity contribution < 1.29 is 4.74 Å². The average molecular weight is 472 g/mol. The summed E-state index contributed by atoms with van der Waals surface area (Å²) in [4.78, 5) is 6.88. The molecule has 0 aromatic heterocycles. The number of guanidine groups is 1. The van der Waals surface area contributed by atoms with Gasteiger partial charge in [0, 0.05) is 38.3 Å². The predicted octanol–water partition coefficient (Wildman–Crippen LogP) is 3.24. The van der Waals surface area contributed by atoms with Gasteiger partial charge in [-0.25, -0.2) is 0 Å². The summed E-state index contributed by atoms with van der Waals surface area (Å²) in [5.41, 5.74) is 1.18. The number of benzene rings is 1. The van der Waals surface area contributed by atoms with Gasteiger partial charge < -0.3 is 15.4 Å². The molecule has 0 saturated heterocycles. The Bertz CT molecular complexity index is 573. The molecule has 0 heterocycles. The quantitative estimate of drug-likeness (QED) is 0.312. The highest BCUT2D eigenvalue weighted by molar-refractivity contribution is 14.0. The third-order valence-corrected chi connectivity index (χ3v) is 4.97. The van der Waals surface area contributed by atoms with Gasteiger partial charge in [-0.2, -0.15) is 0 Å². The van der Waals surface area contributed by atoms with Crippen LogP contribution < -0.4 is 15.4 Å². The minimum absolute atomic E-state index is 0. The van der Waals surface area contributed by atoms with Crippen LogP contribution in [0.25, 0.3) is 0 Å². The van der Waals surface area contributed by atoms with Gasteiger partial charge >= 0.3 is 0 Å². The van der Waals surface area contributed by atoms with Crippen LogP contribution in [0.2, 0.25) is 0 Å². The number of hydrogen-bond donors (Lipinski definition) is 2. The highest BCUT2D eigenvalue weighted by atomic mass is 127. The lowest BCUT2D eigenvalue weighted by Crippen LogP contribution is -2.41. The zero-order chi connectivity index (χ0) is 17.5. The monoisotopic (exact) mass is 472 g/mol. The van der Waals surface area contributed by atoms with E-state index in [-0.39, 0.29) is 24.0 Å². The average Bonchev–Trinajstić information content (AvgIpc) is 3.54. The summed E-state index contributed by atoms with van der Waals surface area (Å²) < 4.78 is 5.98. The maximum absolute atomic E-state index is 5.98. The van der Waals surface area contributed by atoms with Gasteiger partial charge in [0.2, 0.25) is 0 Å². The van der Waals surface area contributed by atoms with Crippen LogP contribution in [0.15, 0.2) is 29.3 Å². The first-order chi connectivity index (χ1) is 12.3. The van der Waals surface area contributed by atoms with E-state index in [4.69, 9.17) is 4.74 Å². The number of likely N-dealkylation sites (N-methyl/N-ethyl adjacent to an activating group) is 1. The van der Waals surface area contributed by atoms with Gasteiger partial charge in [-0.05, 0) is 44.2 Å². The van der Waals surface area contributed by atoms with E-state index in [1.54, 1.807) is 0 Å². The highest BCUT2D eigenvalue weighted by Gasteiger charge is 2.27. The SMILES string of the molecule is CCN(CCNC(=NC)NCc1ccccc1OCC1CC1)C1CC1.I. The molecule has 1 aromatic rings. The van der Waals surface area contributed by atoms with Crippen LogP contribution in [-0.4, -0.2) is 50.2 Å². The normalized spacial score (nSPS) is 17.0. The van der Waals surface area contributed by atoms with Gasteiger partial charge in [0.05, 0.1) is 6.61 Å². The van der Waals surface area contributed by atoms with Gasteiger partial charge in [0.15, 0.2) is 5.96 Å². The molecule has 2 fully saturated rings. The molecule has 3 rings (SSSR count). The Morgan fingerprint density at radius 2 is 1.96 bits per heavy atom. The van der Waals surface area contributed by atoms with E-state index in [1.807, 2.05) is 13.1 Å². The largest absolute Gasteiger partial charge is 0.493 e. The lowest BCUT2D eigenvalue weighted by atomic mass is 10.2. The Morgan fingerprint density at radius 3 is 2.62 bits per heavy atom. The summed E-state index contributed by atoms with van der Waals surface area (Å²) in [6.45, 7) is 6.93. The zero-order valence-corrected chi connectivity index (χ0v) is 18.4. The van der Waals surface area contributed by atoms with Crippen molar-refractivity contribution in [3.05, 3.63) is 29.8 Å². The second-order valence-electron chi connectivity index (χ2n) is 7.07. The summed E-state index contributed by atoms with van der Waals surface area (Å²) in [5, 5.41) is 6.83. The molecule has 2 saturated carbocycles. The van der Waals surface area contributed by atoms with E-state index in [0.29, 0.717) is 0 Å². The molecule has 26 heavy (non-hydrogen) atoms. The van der Waals surface area contributed by atoms with Crippen LogP contribution in [0, 0.1) is 5.92 Å². The van der Waals surface area contributed by atoms with Crippen LogP contribution >= 0.6 is 24.0 Å². The second-order valence-corrected chi connectivity index (χ2v) is 7.07. The summed E-state index contributed by atoms with van der Waals surface area (Å²) in [6, 6.07) is 9.10. The van der Waals surface area contributed by atoms with Gasteiger partial charge in [0.25, 0.3) is 0 Å². The second kappa shape index (κ2) is 11.0. The van der Waals surface area contributed by atoms with Crippen molar-refractivity contribution in [3.8, 4) is 5.75 Å². The Morgan fingerprint density at radius 1 is 1.19 bits per heavy atom. The van der Waals surface area contributed by atoms with E-state index in [9.17, 15) is 0 Å². The predicted molar refractivity (Wildman–Crippen MR) is 119 cm³/mol. The fourth-order valence-corrected chi connectivity index (χ4v) is 3.04. The first kappa shape index (κ1) is 21.3. The maximum Gasteiger partial charge on any atom is 0.191 e. The van der Waals surface area contributed by atoms with Crippen molar-refractivity contribution in [2.45, 2.75) is 45.2 Å². The van der Waals surface area contributed by atoms with E-state index in [0.717, 1.165) is 56.5 Å². The molecule has 2 aliphatic rings. The molecule has 0 bridgehead atoms. The molecule has 0 unspecified atom stereocenters. The molecule has 0 spiro atoms. The third kappa shape index (κ3) is 6.95. The fourth-order valence-electron chi connectivity index (χ4n) is 3.04. The number of hydrogen-bond acceptors (Lipinski definition) is 3. The molecular weight excluding hydrogens is 439 g/mol. The van der Waals surface area contributed by atoms with E-state index in [1.165, 1.54) is 31.2 Å². The molecule has 0 atom stereocenters. The van der Waals surface area contributed by atoms with Gasteiger partial charge in [-0.1, -0.05) is 25.1 Å². The third-order valence-electron chi connectivity index (χ3n) is 4.97. The van der Waals surface area contributed by atoms with Crippen LogP contribution in [-0.2, 0) is 6.54 Å². The minimum atomic E-state index is 0. The number of para-hydroxylation sites is 1. The van der Waals surface area contributed by atoms with Crippen LogP contribution in [0.1, 0.15) is 38.2 Å². The number of nitrogens with one attached hydrogen (secondary N) is 2. The van der Waals surface area contributed by atoms with Crippen molar-refractivity contribution in [2.75, 3.05) is 33.3 Å². The maximum atomic E-state index is 5.98. The van der Waals surface area contributed by atoms with Crippen LogP contribution in [0.5, 0.6) is 5.75 Å². The zero-order valence-electron chi connectivity index (χ0n) is 16.0. The van der Waals surface area contributed by atoms with Crippen molar-refractivity contribution in [2.24, 2.45) is 10.9 Å². The molecule has 0 amide bonds. The van der Waals surface area contributed by atoms with Crippen LogP contribution in [0.4, 0.5) is 0 Å². The van der Waals surface area contributed by atoms with Crippen molar-refractivity contribution in [1.29, 1.82) is 0 Å². The van der Waals surface area contributed by atoms with Gasteiger partial charge in [-0.15, -0.1) is 24.0 Å². The number of rotatable bonds is 10. The summed E-state index contributed by atoms with van der Waals surface area (Å²) >= 11 is 0. The topological polar surface area (TPSA) is 48.9 Å². The smallest absolute Gasteiger partial charge is 0.191 e. The summed E-state index contributed by atoms with van der Waals surface area (Å²) in [5.74, 6) is 2.61. The van der Waals surface area contributed by atoms with Gasteiger partial charge in [-0.3, -0.25) is 9.89 Å². The Labute approximate surface area is 175 Å². The summed E-state index contributed by atoms with van der Waals surface area (Å²) in [7, 11) is 1.82. The first-order valence-electron chi connectivity index (χ1n) is 9.69. The number of ether oxygens (including phenoxy) is 1. The number of nitrogens with zero attached hydrogens (tertiary/aromatic N) is 2. The van der Waals surface area contributed by atoms with Crippen molar-refractivity contribution in [1.82, 2.24) is 15.5 Å². The lowest BCUT2D eigenvalue weighted by molar-refractivity contribution is 0.282. The molecule has 146 valence electrons. The van der Waals surface area contributed by atoms with Crippen molar-refractivity contribution in [3.63, 3.8) is 0 Å². The molecule has 2 aliphatic carbocycles. The molecule has 0 radical (unpaired) electrons. The fraction of sp³-hybridized carbons (Fsp3) is 0.650. The molecule has 2 N–H and O–H groups in total. The van der Waals surface area contributed by atoms with E-state index in [2.05, 4.69) is 45.6 Å². The molecule has 5 nitrogen and oxygen atoms in total. The molecule has 1 aromatic carbocycles. The Kier molecular flexibility index (Phi) is 8.98. The molecule has 6 heteroatoms. The van der Waals surface area contributed by atoms with Crippen molar-refractivity contribution >= 4 is 29.9 Å². The lowest BCUT2D eigenvalue weighted by Gasteiger charge is -2.21. The first-order valence-corrected chi connectivity index (χ1v) is 9.69. The summed E-state index contributed by atoms with van der Waals surface area (Å²) in [6.07, 6.45) is 5.34.